The van der Waals surface area contributed by atoms with Gasteiger partial charge in [-0.25, -0.2) is 8.42 Å². The van der Waals surface area contributed by atoms with Crippen molar-refractivity contribution in [2.75, 3.05) is 28.8 Å². The van der Waals surface area contributed by atoms with Crippen molar-refractivity contribution >= 4 is 38.9 Å². The summed E-state index contributed by atoms with van der Waals surface area (Å²) in [6.07, 6.45) is 3.70. The first kappa shape index (κ1) is 26.0. The van der Waals surface area contributed by atoms with Crippen molar-refractivity contribution in [1.82, 2.24) is 5.32 Å². The summed E-state index contributed by atoms with van der Waals surface area (Å²) in [5.74, 6) is -0.404. The topological polar surface area (TPSA) is 69.7 Å². The van der Waals surface area contributed by atoms with E-state index in [9.17, 15) is 13.2 Å². The number of carbonyl (C=O) groups is 1. The predicted molar refractivity (Wildman–Crippen MR) is 146 cm³/mol. The molecule has 0 aliphatic carbocycles. The van der Waals surface area contributed by atoms with Gasteiger partial charge in [-0.1, -0.05) is 48.0 Å². The molecule has 1 aliphatic heterocycles. The van der Waals surface area contributed by atoms with Gasteiger partial charge in [0.05, 0.1) is 16.6 Å². The normalized spacial score (nSPS) is 14.8. The van der Waals surface area contributed by atoms with Crippen LogP contribution in [0.15, 0.2) is 77.7 Å². The molecule has 0 bridgehead atoms. The quantitative estimate of drug-likeness (QED) is 0.409. The van der Waals surface area contributed by atoms with E-state index in [0.29, 0.717) is 10.7 Å². The van der Waals surface area contributed by atoms with Gasteiger partial charge in [0.25, 0.3) is 10.0 Å². The Bertz CT molecular complexity index is 1290. The van der Waals surface area contributed by atoms with Gasteiger partial charge in [-0.2, -0.15) is 0 Å². The van der Waals surface area contributed by atoms with Gasteiger partial charge in [-0.3, -0.25) is 9.10 Å². The molecule has 1 unspecified atom stereocenters. The molecule has 8 heteroatoms. The van der Waals surface area contributed by atoms with Gasteiger partial charge in [-0.05, 0) is 80.6 Å². The number of carbonyl (C=O) groups excluding carboxylic acids is 1. The number of amides is 1. The molecule has 190 valence electrons. The number of hydrogen-bond donors (Lipinski definition) is 1. The van der Waals surface area contributed by atoms with Crippen molar-refractivity contribution in [3.8, 4) is 0 Å². The fourth-order valence-electron chi connectivity index (χ4n) is 4.40. The first-order valence-electron chi connectivity index (χ1n) is 12.2. The number of nitrogens with zero attached hydrogens (tertiary/aromatic N) is 2. The zero-order valence-corrected chi connectivity index (χ0v) is 22.2. The van der Waals surface area contributed by atoms with E-state index in [1.165, 1.54) is 37.1 Å². The van der Waals surface area contributed by atoms with Crippen LogP contribution in [0, 0.1) is 6.92 Å². The molecule has 1 amide bonds. The van der Waals surface area contributed by atoms with Crippen LogP contribution in [-0.4, -0.2) is 34.0 Å². The minimum atomic E-state index is -3.99. The molecule has 3 aromatic carbocycles. The Balaban J connectivity index is 1.51. The standard InChI is InChI=1S/C28H32ClN3O3S/c1-21-11-14-25(19-27(21)29)32(36(34,35)26-9-5-3-6-10-26)20-28(33)30-22(2)23-12-15-24(16-13-23)31-17-7-4-8-18-31/h3,5-6,9-16,19,22H,4,7-8,17-18,20H2,1-2H3,(H,30,33). The van der Waals surface area contributed by atoms with Crippen LogP contribution < -0.4 is 14.5 Å². The van der Waals surface area contributed by atoms with Crippen LogP contribution in [0.25, 0.3) is 0 Å². The van der Waals surface area contributed by atoms with Crippen molar-refractivity contribution in [1.29, 1.82) is 0 Å². The van der Waals surface area contributed by atoms with Gasteiger partial charge in [0.1, 0.15) is 6.54 Å². The Labute approximate surface area is 218 Å². The lowest BCUT2D eigenvalue weighted by Gasteiger charge is -2.29. The number of benzene rings is 3. The van der Waals surface area contributed by atoms with E-state index in [1.807, 2.05) is 26.0 Å². The van der Waals surface area contributed by atoms with Crippen molar-refractivity contribution in [3.63, 3.8) is 0 Å². The van der Waals surface area contributed by atoms with E-state index >= 15 is 0 Å². The number of hydrogen-bond acceptors (Lipinski definition) is 4. The molecule has 0 spiro atoms. The van der Waals surface area contributed by atoms with Crippen molar-refractivity contribution in [2.45, 2.75) is 44.0 Å². The summed E-state index contributed by atoms with van der Waals surface area (Å²) < 4.78 is 28.1. The molecule has 0 radical (unpaired) electrons. The first-order valence-corrected chi connectivity index (χ1v) is 14.1. The number of piperidine rings is 1. The highest BCUT2D eigenvalue weighted by Crippen LogP contribution is 2.28. The Hall–Kier alpha value is -3.03. The van der Waals surface area contributed by atoms with E-state index in [4.69, 9.17) is 11.6 Å². The van der Waals surface area contributed by atoms with Gasteiger partial charge >= 0.3 is 0 Å². The Morgan fingerprint density at radius 3 is 2.31 bits per heavy atom. The molecule has 0 aromatic heterocycles. The van der Waals surface area contributed by atoms with Gasteiger partial charge in [0.2, 0.25) is 5.91 Å². The zero-order valence-electron chi connectivity index (χ0n) is 20.7. The van der Waals surface area contributed by atoms with Crippen molar-refractivity contribution < 1.29 is 13.2 Å². The predicted octanol–water partition coefficient (Wildman–Crippen LogP) is 5.71. The van der Waals surface area contributed by atoms with Gasteiger partial charge in [0.15, 0.2) is 0 Å². The van der Waals surface area contributed by atoms with Gasteiger partial charge in [-0.15, -0.1) is 0 Å². The molecular weight excluding hydrogens is 494 g/mol. The van der Waals surface area contributed by atoms with Crippen molar-refractivity contribution in [3.05, 3.63) is 88.9 Å². The summed E-state index contributed by atoms with van der Waals surface area (Å²) in [5, 5.41) is 3.39. The van der Waals surface area contributed by atoms with E-state index in [0.717, 1.165) is 28.5 Å². The van der Waals surface area contributed by atoms with Gasteiger partial charge in [0, 0.05) is 23.8 Å². The van der Waals surface area contributed by atoms with Crippen LogP contribution in [0.3, 0.4) is 0 Å². The monoisotopic (exact) mass is 525 g/mol. The Kier molecular flexibility index (Phi) is 8.21. The van der Waals surface area contributed by atoms with E-state index in [2.05, 4.69) is 22.3 Å². The molecule has 4 rings (SSSR count). The molecule has 1 atom stereocenters. The maximum absolute atomic E-state index is 13.5. The maximum Gasteiger partial charge on any atom is 0.264 e. The van der Waals surface area contributed by atoms with Crippen LogP contribution in [-0.2, 0) is 14.8 Å². The minimum absolute atomic E-state index is 0.107. The molecule has 1 N–H and O–H groups in total. The number of aryl methyl sites for hydroxylation is 1. The average Bonchev–Trinajstić information content (AvgIpc) is 2.90. The molecule has 36 heavy (non-hydrogen) atoms. The van der Waals surface area contributed by atoms with Crippen LogP contribution in [0.4, 0.5) is 11.4 Å². The largest absolute Gasteiger partial charge is 0.372 e. The highest BCUT2D eigenvalue weighted by Gasteiger charge is 2.28. The van der Waals surface area contributed by atoms with Crippen LogP contribution in [0.1, 0.15) is 43.4 Å². The first-order chi connectivity index (χ1) is 17.3. The van der Waals surface area contributed by atoms with Crippen LogP contribution in [0.5, 0.6) is 0 Å². The van der Waals surface area contributed by atoms with Crippen molar-refractivity contribution in [2.24, 2.45) is 0 Å². The highest BCUT2D eigenvalue weighted by atomic mass is 35.5. The molecule has 6 nitrogen and oxygen atoms in total. The third kappa shape index (κ3) is 6.02. The fourth-order valence-corrected chi connectivity index (χ4v) is 6.01. The molecule has 1 saturated heterocycles. The summed E-state index contributed by atoms with van der Waals surface area (Å²) in [5.41, 5.74) is 3.31. The smallest absolute Gasteiger partial charge is 0.264 e. The molecule has 3 aromatic rings. The Morgan fingerprint density at radius 2 is 1.67 bits per heavy atom. The lowest BCUT2D eigenvalue weighted by molar-refractivity contribution is -0.120. The number of anilines is 2. The van der Waals surface area contributed by atoms with Crippen LogP contribution in [0.2, 0.25) is 5.02 Å². The zero-order chi connectivity index (χ0) is 25.7. The number of rotatable bonds is 8. The second-order valence-electron chi connectivity index (χ2n) is 9.19. The molecule has 1 fully saturated rings. The number of nitrogens with one attached hydrogen (secondary N) is 1. The molecular formula is C28H32ClN3O3S. The van der Waals surface area contributed by atoms with Gasteiger partial charge < -0.3 is 10.2 Å². The molecule has 0 saturated carbocycles. The third-order valence-electron chi connectivity index (χ3n) is 6.55. The summed E-state index contributed by atoms with van der Waals surface area (Å²) in [7, 11) is -3.99. The second-order valence-corrected chi connectivity index (χ2v) is 11.5. The van der Waals surface area contributed by atoms with E-state index < -0.39 is 15.9 Å². The average molecular weight is 526 g/mol. The van der Waals surface area contributed by atoms with E-state index in [-0.39, 0.29) is 17.5 Å². The SMILES string of the molecule is Cc1ccc(N(CC(=O)NC(C)c2ccc(N3CCCCC3)cc2)S(=O)(=O)c2ccccc2)cc1Cl. The van der Waals surface area contributed by atoms with Crippen LogP contribution >= 0.6 is 11.6 Å². The number of halogens is 1. The fraction of sp³-hybridized carbons (Fsp3) is 0.321. The Morgan fingerprint density at radius 1 is 1.00 bits per heavy atom. The lowest BCUT2D eigenvalue weighted by atomic mass is 10.1. The lowest BCUT2D eigenvalue weighted by Crippen LogP contribution is -2.41. The number of sulfonamides is 1. The third-order valence-corrected chi connectivity index (χ3v) is 8.75. The summed E-state index contributed by atoms with van der Waals surface area (Å²) in [4.78, 5) is 15.6. The summed E-state index contributed by atoms with van der Waals surface area (Å²) in [6.45, 7) is 5.51. The highest BCUT2D eigenvalue weighted by molar-refractivity contribution is 7.92. The molecule has 1 aliphatic rings. The summed E-state index contributed by atoms with van der Waals surface area (Å²) >= 11 is 6.30. The van der Waals surface area contributed by atoms with E-state index in [1.54, 1.807) is 36.4 Å². The summed E-state index contributed by atoms with van der Waals surface area (Å²) in [6, 6.07) is 21.0. The second kappa shape index (κ2) is 11.4. The molecule has 1 heterocycles. The maximum atomic E-state index is 13.5. The minimum Gasteiger partial charge on any atom is -0.372 e.